The van der Waals surface area contributed by atoms with Crippen LogP contribution in [-0.2, 0) is 4.79 Å². The summed E-state index contributed by atoms with van der Waals surface area (Å²) in [5, 5.41) is 8.91. The fourth-order valence-corrected chi connectivity index (χ4v) is 3.39. The number of thioether (sulfide) groups is 1. The minimum Gasteiger partial charge on any atom is -0.296 e. The number of fused-ring (bicyclic) bond motifs is 1. The fourth-order valence-electron chi connectivity index (χ4n) is 2.18. The number of nitrogens with zero attached hydrogens (tertiary/aromatic N) is 2. The first-order valence-corrected chi connectivity index (χ1v) is 7.27. The van der Waals surface area contributed by atoms with E-state index in [1.54, 1.807) is 12.1 Å². The molecule has 0 fully saturated rings. The zero-order valence-corrected chi connectivity index (χ0v) is 12.6. The highest BCUT2D eigenvalue weighted by atomic mass is 32.2. The minimum atomic E-state index is -0.627. The molecule has 5 heteroatoms. The maximum atomic E-state index is 12.4. The van der Waals surface area contributed by atoms with Crippen molar-refractivity contribution in [3.05, 3.63) is 23.8 Å². The molecule has 2 rings (SSSR count). The molecule has 1 heterocycles. The molecule has 0 saturated heterocycles. The highest BCUT2D eigenvalue weighted by molar-refractivity contribution is 8.01. The van der Waals surface area contributed by atoms with Crippen LogP contribution in [-0.4, -0.2) is 23.0 Å². The first kappa shape index (κ1) is 14.6. The molecule has 0 radical (unpaired) electrons. The number of benzene rings is 1. The van der Waals surface area contributed by atoms with E-state index in [0.717, 1.165) is 4.90 Å². The predicted molar refractivity (Wildman–Crippen MR) is 79.0 cm³/mol. The van der Waals surface area contributed by atoms with Crippen LogP contribution in [0.5, 0.6) is 0 Å². The number of ketones is 1. The molecule has 0 N–H and O–H groups in total. The van der Waals surface area contributed by atoms with Crippen molar-refractivity contribution in [2.45, 2.75) is 36.8 Å². The molecule has 1 aliphatic heterocycles. The van der Waals surface area contributed by atoms with Crippen molar-refractivity contribution in [3.63, 3.8) is 0 Å². The van der Waals surface area contributed by atoms with Gasteiger partial charge in [0.15, 0.2) is 5.78 Å². The van der Waals surface area contributed by atoms with E-state index in [-0.39, 0.29) is 18.2 Å². The monoisotopic (exact) mass is 288 g/mol. The summed E-state index contributed by atoms with van der Waals surface area (Å²) in [7, 11) is 0. The summed E-state index contributed by atoms with van der Waals surface area (Å²) in [6.07, 6.45) is 0.452. The second kappa shape index (κ2) is 5.29. The van der Waals surface area contributed by atoms with Gasteiger partial charge in [0.1, 0.15) is 6.54 Å². The number of carbonyl (C=O) groups is 2. The number of amides is 1. The Morgan fingerprint density at radius 2 is 2.15 bits per heavy atom. The lowest BCUT2D eigenvalue weighted by atomic mass is 10.1. The van der Waals surface area contributed by atoms with Crippen molar-refractivity contribution in [1.29, 1.82) is 5.26 Å². The van der Waals surface area contributed by atoms with E-state index in [9.17, 15) is 9.59 Å². The number of carbonyl (C=O) groups excluding carboxylic acids is 2. The number of Topliss-reactive ketones (excluding diaryl/α,β-unsaturated/α-hetero) is 1. The Kier molecular flexibility index (Phi) is 3.87. The van der Waals surface area contributed by atoms with E-state index in [1.165, 1.54) is 16.7 Å². The predicted octanol–water partition coefficient (Wildman–Crippen LogP) is 3.02. The standard InChI is InChI=1S/C15H16N2O2S/c1-4-12(18)10-5-6-11-13(9-10)20-15(2,3)14(19)17(11)8-7-16/h5-6,9H,4,8H2,1-3H3. The van der Waals surface area contributed by atoms with Crippen LogP contribution in [0.4, 0.5) is 5.69 Å². The van der Waals surface area contributed by atoms with Crippen LogP contribution < -0.4 is 4.90 Å². The van der Waals surface area contributed by atoms with Crippen LogP contribution >= 0.6 is 11.8 Å². The Bertz CT molecular complexity index is 617. The zero-order chi connectivity index (χ0) is 14.9. The Morgan fingerprint density at radius 1 is 1.45 bits per heavy atom. The van der Waals surface area contributed by atoms with Gasteiger partial charge in [-0.2, -0.15) is 5.26 Å². The normalized spacial score (nSPS) is 16.5. The van der Waals surface area contributed by atoms with E-state index in [2.05, 4.69) is 0 Å². The molecule has 0 aliphatic carbocycles. The second-order valence-corrected chi connectivity index (χ2v) is 6.79. The van der Waals surface area contributed by atoms with Crippen molar-refractivity contribution in [2.24, 2.45) is 0 Å². The van der Waals surface area contributed by atoms with Gasteiger partial charge in [-0.25, -0.2) is 0 Å². The molecule has 0 spiro atoms. The van der Waals surface area contributed by atoms with Crippen LogP contribution in [0.3, 0.4) is 0 Å². The van der Waals surface area contributed by atoms with Crippen molar-refractivity contribution >= 4 is 29.1 Å². The molecule has 20 heavy (non-hydrogen) atoms. The first-order chi connectivity index (χ1) is 9.40. The van der Waals surface area contributed by atoms with Gasteiger partial charge in [0.05, 0.1) is 16.5 Å². The molecular formula is C15H16N2O2S. The van der Waals surface area contributed by atoms with Gasteiger partial charge in [-0.05, 0) is 32.0 Å². The van der Waals surface area contributed by atoms with E-state index in [4.69, 9.17) is 5.26 Å². The Labute approximate surface area is 122 Å². The summed E-state index contributed by atoms with van der Waals surface area (Å²) in [4.78, 5) is 26.5. The van der Waals surface area contributed by atoms with Gasteiger partial charge in [-0.15, -0.1) is 11.8 Å². The van der Waals surface area contributed by atoms with E-state index < -0.39 is 4.75 Å². The lowest BCUT2D eigenvalue weighted by Gasteiger charge is -2.36. The molecule has 0 bridgehead atoms. The lowest BCUT2D eigenvalue weighted by Crippen LogP contribution is -2.46. The second-order valence-electron chi connectivity index (χ2n) is 5.12. The summed E-state index contributed by atoms with van der Waals surface area (Å²) in [6, 6.07) is 7.33. The maximum absolute atomic E-state index is 12.4. The summed E-state index contributed by atoms with van der Waals surface area (Å²) in [5.74, 6) is 0.000979. The Balaban J connectivity index is 2.52. The summed E-state index contributed by atoms with van der Waals surface area (Å²) in [5.41, 5.74) is 1.37. The van der Waals surface area contributed by atoms with Crippen molar-refractivity contribution in [3.8, 4) is 6.07 Å². The number of nitriles is 1. The van der Waals surface area contributed by atoms with E-state index in [1.807, 2.05) is 32.9 Å². The third-order valence-electron chi connectivity index (χ3n) is 3.25. The van der Waals surface area contributed by atoms with Crippen LogP contribution in [0.1, 0.15) is 37.6 Å². The molecule has 104 valence electrons. The van der Waals surface area contributed by atoms with Gasteiger partial charge in [0.25, 0.3) is 0 Å². The van der Waals surface area contributed by atoms with Gasteiger partial charge in [-0.1, -0.05) is 6.92 Å². The molecular weight excluding hydrogens is 272 g/mol. The zero-order valence-electron chi connectivity index (χ0n) is 11.8. The van der Waals surface area contributed by atoms with E-state index >= 15 is 0 Å². The lowest BCUT2D eigenvalue weighted by molar-refractivity contribution is -0.120. The molecule has 0 aromatic heterocycles. The van der Waals surface area contributed by atoms with Crippen LogP contribution in [0.15, 0.2) is 23.1 Å². The van der Waals surface area contributed by atoms with Crippen molar-refractivity contribution in [2.75, 3.05) is 11.4 Å². The van der Waals surface area contributed by atoms with Gasteiger partial charge in [0, 0.05) is 16.9 Å². The van der Waals surface area contributed by atoms with Gasteiger partial charge >= 0.3 is 0 Å². The third kappa shape index (κ3) is 2.44. The molecule has 0 saturated carbocycles. The van der Waals surface area contributed by atoms with Crippen molar-refractivity contribution in [1.82, 2.24) is 0 Å². The SMILES string of the molecule is CCC(=O)c1ccc2c(c1)SC(C)(C)C(=O)N2CC#N. The number of anilines is 1. The summed E-state index contributed by atoms with van der Waals surface area (Å²) in [6.45, 7) is 5.52. The topological polar surface area (TPSA) is 61.2 Å². The average Bonchev–Trinajstić information content (AvgIpc) is 2.42. The van der Waals surface area contributed by atoms with Gasteiger partial charge in [-0.3, -0.25) is 14.5 Å². The van der Waals surface area contributed by atoms with Gasteiger partial charge < -0.3 is 0 Å². The molecule has 1 aromatic carbocycles. The quantitative estimate of drug-likeness (QED) is 0.633. The highest BCUT2D eigenvalue weighted by Gasteiger charge is 2.39. The highest BCUT2D eigenvalue weighted by Crippen LogP contribution is 2.45. The first-order valence-electron chi connectivity index (χ1n) is 6.46. The number of rotatable bonds is 3. The summed E-state index contributed by atoms with van der Waals surface area (Å²) >= 11 is 1.44. The largest absolute Gasteiger partial charge is 0.296 e. The molecule has 4 nitrogen and oxygen atoms in total. The van der Waals surface area contributed by atoms with Crippen LogP contribution in [0, 0.1) is 11.3 Å². The maximum Gasteiger partial charge on any atom is 0.243 e. The smallest absolute Gasteiger partial charge is 0.243 e. The fraction of sp³-hybridized carbons (Fsp3) is 0.400. The molecule has 1 aliphatic rings. The average molecular weight is 288 g/mol. The van der Waals surface area contributed by atoms with Crippen LogP contribution in [0.25, 0.3) is 0 Å². The Morgan fingerprint density at radius 3 is 2.75 bits per heavy atom. The minimum absolute atomic E-state index is 0.0247. The number of hydrogen-bond donors (Lipinski definition) is 0. The van der Waals surface area contributed by atoms with Gasteiger partial charge in [0.2, 0.25) is 5.91 Å². The molecule has 1 aromatic rings. The molecule has 0 atom stereocenters. The number of hydrogen-bond acceptors (Lipinski definition) is 4. The molecule has 1 amide bonds. The van der Waals surface area contributed by atoms with Crippen molar-refractivity contribution < 1.29 is 9.59 Å². The Hall–Kier alpha value is -1.80. The van der Waals surface area contributed by atoms with E-state index in [0.29, 0.717) is 17.7 Å². The molecule has 0 unspecified atom stereocenters. The summed E-state index contributed by atoms with van der Waals surface area (Å²) < 4.78 is -0.627. The van der Waals surface area contributed by atoms with Crippen LogP contribution in [0.2, 0.25) is 0 Å². The third-order valence-corrected chi connectivity index (χ3v) is 4.48.